The lowest BCUT2D eigenvalue weighted by Crippen LogP contribution is -2.49. The number of hydrogen-bond donors (Lipinski definition) is 0. The van der Waals surface area contributed by atoms with Crippen LogP contribution in [0.5, 0.6) is 0 Å². The van der Waals surface area contributed by atoms with Crippen molar-refractivity contribution in [1.29, 1.82) is 0 Å². The summed E-state index contributed by atoms with van der Waals surface area (Å²) in [5, 5.41) is 0. The van der Waals surface area contributed by atoms with Crippen LogP contribution in [-0.2, 0) is 11.2 Å². The zero-order valence-corrected chi connectivity index (χ0v) is 12.6. The number of benzene rings is 1. The van der Waals surface area contributed by atoms with E-state index in [0.29, 0.717) is 12.2 Å². The van der Waals surface area contributed by atoms with Gasteiger partial charge in [-0.25, -0.2) is 0 Å². The van der Waals surface area contributed by atoms with E-state index in [1.165, 1.54) is 29.5 Å². The van der Waals surface area contributed by atoms with Crippen molar-refractivity contribution in [3.63, 3.8) is 0 Å². The molecule has 0 spiro atoms. The number of hydrogen-bond acceptors (Lipinski definition) is 2. The fourth-order valence-electron chi connectivity index (χ4n) is 3.26. The molecule has 0 aromatic heterocycles. The third-order valence-electron chi connectivity index (χ3n) is 4.66. The maximum atomic E-state index is 12.8. The van der Waals surface area contributed by atoms with Gasteiger partial charge in [-0.3, -0.25) is 9.69 Å². The fraction of sp³-hybridized carbons (Fsp3) is 0.588. The zero-order chi connectivity index (χ0) is 14.0. The molecule has 1 aliphatic carbocycles. The van der Waals surface area contributed by atoms with Crippen LogP contribution in [0.1, 0.15) is 42.4 Å². The van der Waals surface area contributed by atoms with Gasteiger partial charge >= 0.3 is 0 Å². The van der Waals surface area contributed by atoms with Gasteiger partial charge in [-0.15, -0.1) is 0 Å². The molecule has 2 nitrogen and oxygen atoms in total. The Hall–Kier alpha value is -1.15. The van der Waals surface area contributed by atoms with Crippen LogP contribution in [0.4, 0.5) is 0 Å². The first-order valence-electron chi connectivity index (χ1n) is 7.22. The van der Waals surface area contributed by atoms with E-state index in [-0.39, 0.29) is 5.54 Å². The molecule has 1 aromatic carbocycles. The highest BCUT2D eigenvalue weighted by Crippen LogP contribution is 2.35. The molecule has 0 unspecified atom stereocenters. The van der Waals surface area contributed by atoms with Crippen LogP contribution >= 0.6 is 0 Å². The molecule has 1 aromatic rings. The molecule has 104 valence electrons. The molecule has 0 saturated heterocycles. The van der Waals surface area contributed by atoms with E-state index in [2.05, 4.69) is 36.9 Å². The predicted octanol–water partition coefficient (Wildman–Crippen LogP) is 3.29. The maximum Gasteiger partial charge on any atom is 0.157 e. The molecule has 0 N–H and O–H groups in total. The van der Waals surface area contributed by atoms with Gasteiger partial charge in [0.1, 0.15) is 0 Å². The van der Waals surface area contributed by atoms with Crippen molar-refractivity contribution in [2.45, 2.75) is 51.5 Å². The summed E-state index contributed by atoms with van der Waals surface area (Å²) in [6.07, 6.45) is 4.96. The molecule has 1 fully saturated rings. The minimum Gasteiger partial charge on any atom is -0.297 e. The molecule has 0 heterocycles. The van der Waals surface area contributed by atoms with Crippen LogP contribution < -0.4 is 0 Å². The molecule has 1 saturated carbocycles. The van der Waals surface area contributed by atoms with E-state index in [9.17, 15) is 4.79 Å². The second-order valence-corrected chi connectivity index (χ2v) is 6.16. The van der Waals surface area contributed by atoms with Crippen molar-refractivity contribution < 1.29 is 4.79 Å². The average molecular weight is 259 g/mol. The Bertz CT molecular complexity index is 470. The normalized spacial score (nSPS) is 17.9. The van der Waals surface area contributed by atoms with Crippen molar-refractivity contribution in [2.24, 2.45) is 0 Å². The minimum absolute atomic E-state index is 0.212. The summed E-state index contributed by atoms with van der Waals surface area (Å²) in [5.41, 5.74) is 3.44. The standard InChI is InChI=1S/C17H25NO/c1-13-7-8-14(2)15(11-13)12-16(19)17(18(3)4)9-5-6-10-17/h7-8,11H,5-6,9-10,12H2,1-4H3. The Labute approximate surface area is 116 Å². The topological polar surface area (TPSA) is 20.3 Å². The SMILES string of the molecule is Cc1ccc(C)c(CC(=O)C2(N(C)C)CCCC2)c1. The highest BCUT2D eigenvalue weighted by Gasteiger charge is 2.42. The summed E-state index contributed by atoms with van der Waals surface area (Å²) in [5.74, 6) is 0.392. The Morgan fingerprint density at radius 3 is 2.42 bits per heavy atom. The van der Waals surface area contributed by atoms with Crippen LogP contribution in [0.2, 0.25) is 0 Å². The Balaban J connectivity index is 2.22. The van der Waals surface area contributed by atoms with Gasteiger partial charge in [0, 0.05) is 6.42 Å². The first-order valence-corrected chi connectivity index (χ1v) is 7.22. The van der Waals surface area contributed by atoms with Gasteiger partial charge in [0.2, 0.25) is 0 Å². The molecule has 0 amide bonds. The summed E-state index contributed by atoms with van der Waals surface area (Å²) in [6, 6.07) is 6.39. The number of Topliss-reactive ketones (excluding diaryl/α,β-unsaturated/α-hetero) is 1. The summed E-state index contributed by atoms with van der Waals surface area (Å²) in [7, 11) is 4.10. The van der Waals surface area contributed by atoms with Crippen LogP contribution in [-0.4, -0.2) is 30.3 Å². The van der Waals surface area contributed by atoms with Crippen molar-refractivity contribution >= 4 is 5.78 Å². The fourth-order valence-corrected chi connectivity index (χ4v) is 3.26. The predicted molar refractivity (Wildman–Crippen MR) is 79.5 cm³/mol. The number of carbonyl (C=O) groups excluding carboxylic acids is 1. The Morgan fingerprint density at radius 1 is 1.21 bits per heavy atom. The number of rotatable bonds is 4. The van der Waals surface area contributed by atoms with Crippen molar-refractivity contribution in [2.75, 3.05) is 14.1 Å². The molecule has 2 rings (SSSR count). The smallest absolute Gasteiger partial charge is 0.157 e. The zero-order valence-electron chi connectivity index (χ0n) is 12.6. The van der Waals surface area contributed by atoms with Crippen LogP contribution in [0.25, 0.3) is 0 Å². The lowest BCUT2D eigenvalue weighted by molar-refractivity contribution is -0.128. The molecule has 0 aliphatic heterocycles. The highest BCUT2D eigenvalue weighted by atomic mass is 16.1. The molecule has 0 bridgehead atoms. The second kappa shape index (κ2) is 5.46. The molecule has 0 atom stereocenters. The largest absolute Gasteiger partial charge is 0.297 e. The summed E-state index contributed by atoms with van der Waals surface area (Å²) in [6.45, 7) is 4.18. The van der Waals surface area contributed by atoms with E-state index in [4.69, 9.17) is 0 Å². The van der Waals surface area contributed by atoms with Gasteiger partial charge in [0.15, 0.2) is 5.78 Å². The van der Waals surface area contributed by atoms with E-state index >= 15 is 0 Å². The van der Waals surface area contributed by atoms with Crippen LogP contribution in [0.15, 0.2) is 18.2 Å². The number of carbonyl (C=O) groups is 1. The lowest BCUT2D eigenvalue weighted by Gasteiger charge is -2.35. The van der Waals surface area contributed by atoms with Crippen molar-refractivity contribution in [1.82, 2.24) is 4.90 Å². The van der Waals surface area contributed by atoms with Gasteiger partial charge < -0.3 is 0 Å². The van der Waals surface area contributed by atoms with Gasteiger partial charge in [0.25, 0.3) is 0 Å². The monoisotopic (exact) mass is 259 g/mol. The Kier molecular flexibility index (Phi) is 4.10. The summed E-state index contributed by atoms with van der Waals surface area (Å²) in [4.78, 5) is 14.9. The molecular formula is C17H25NO. The van der Waals surface area contributed by atoms with E-state index in [0.717, 1.165) is 12.8 Å². The van der Waals surface area contributed by atoms with E-state index in [1.54, 1.807) is 0 Å². The molecule has 2 heteroatoms. The highest BCUT2D eigenvalue weighted by molar-refractivity contribution is 5.90. The first-order chi connectivity index (χ1) is 8.95. The van der Waals surface area contributed by atoms with Gasteiger partial charge in [0.05, 0.1) is 5.54 Å². The molecule has 0 radical (unpaired) electrons. The third kappa shape index (κ3) is 2.74. The van der Waals surface area contributed by atoms with Crippen LogP contribution in [0.3, 0.4) is 0 Å². The number of aryl methyl sites for hydroxylation is 2. The Morgan fingerprint density at radius 2 is 1.84 bits per heavy atom. The van der Waals surface area contributed by atoms with Crippen molar-refractivity contribution in [3.05, 3.63) is 34.9 Å². The van der Waals surface area contributed by atoms with Crippen molar-refractivity contribution in [3.8, 4) is 0 Å². The number of nitrogens with zero attached hydrogens (tertiary/aromatic N) is 1. The summed E-state index contributed by atoms with van der Waals surface area (Å²) >= 11 is 0. The maximum absolute atomic E-state index is 12.8. The first kappa shape index (κ1) is 14.3. The van der Waals surface area contributed by atoms with Gasteiger partial charge in [-0.2, -0.15) is 0 Å². The average Bonchev–Trinajstić information content (AvgIpc) is 2.84. The van der Waals surface area contributed by atoms with Gasteiger partial charge in [-0.05, 0) is 51.9 Å². The number of likely N-dealkylation sites (N-methyl/N-ethyl adjacent to an activating group) is 1. The summed E-state index contributed by atoms with van der Waals surface area (Å²) < 4.78 is 0. The number of ketones is 1. The second-order valence-electron chi connectivity index (χ2n) is 6.16. The van der Waals surface area contributed by atoms with E-state index < -0.39 is 0 Å². The lowest BCUT2D eigenvalue weighted by atomic mass is 9.86. The third-order valence-corrected chi connectivity index (χ3v) is 4.66. The van der Waals surface area contributed by atoms with Gasteiger partial charge in [-0.1, -0.05) is 36.6 Å². The molecule has 19 heavy (non-hydrogen) atoms. The quantitative estimate of drug-likeness (QED) is 0.827. The molecule has 1 aliphatic rings. The van der Waals surface area contributed by atoms with E-state index in [1.807, 2.05) is 14.1 Å². The molecular weight excluding hydrogens is 234 g/mol. The minimum atomic E-state index is -0.212. The van der Waals surface area contributed by atoms with Crippen LogP contribution in [0, 0.1) is 13.8 Å².